The van der Waals surface area contributed by atoms with Crippen LogP contribution in [-0.4, -0.2) is 13.7 Å². The van der Waals surface area contributed by atoms with Crippen molar-refractivity contribution in [2.45, 2.75) is 32.2 Å². The van der Waals surface area contributed by atoms with Gasteiger partial charge in [0.15, 0.2) is 0 Å². The van der Waals surface area contributed by atoms with E-state index >= 15 is 0 Å². The first-order valence-corrected chi connectivity index (χ1v) is 7.31. The van der Waals surface area contributed by atoms with Crippen LogP contribution in [0.25, 0.3) is 0 Å². The Labute approximate surface area is 118 Å². The highest BCUT2D eigenvalue weighted by Crippen LogP contribution is 2.34. The van der Waals surface area contributed by atoms with Gasteiger partial charge in [-0.05, 0) is 59.4 Å². The highest BCUT2D eigenvalue weighted by molar-refractivity contribution is 9.10. The Balaban J connectivity index is 2.27. The first-order valence-electron chi connectivity index (χ1n) is 6.52. The van der Waals surface area contributed by atoms with Crippen molar-refractivity contribution in [1.29, 1.82) is 0 Å². The number of rotatable bonds is 5. The summed E-state index contributed by atoms with van der Waals surface area (Å²) in [5, 5.41) is 3.58. The summed E-state index contributed by atoms with van der Waals surface area (Å²) in [7, 11) is 1.70. The zero-order valence-corrected chi connectivity index (χ0v) is 12.6. The molecule has 1 aliphatic carbocycles. The molecule has 3 heteroatoms. The fraction of sp³-hybridized carbons (Fsp3) is 0.467. The van der Waals surface area contributed by atoms with Crippen molar-refractivity contribution >= 4 is 15.9 Å². The molecule has 2 nitrogen and oxygen atoms in total. The summed E-state index contributed by atoms with van der Waals surface area (Å²) in [6.07, 6.45) is 6.09. The van der Waals surface area contributed by atoms with Gasteiger partial charge in [-0.3, -0.25) is 0 Å². The van der Waals surface area contributed by atoms with E-state index in [1.807, 2.05) is 6.07 Å². The molecule has 0 radical (unpaired) electrons. The second-order valence-corrected chi connectivity index (χ2v) is 5.41. The van der Waals surface area contributed by atoms with Gasteiger partial charge < -0.3 is 10.1 Å². The second-order valence-electron chi connectivity index (χ2n) is 4.56. The van der Waals surface area contributed by atoms with Gasteiger partial charge in [-0.2, -0.15) is 0 Å². The van der Waals surface area contributed by atoms with Crippen molar-refractivity contribution < 1.29 is 4.74 Å². The van der Waals surface area contributed by atoms with E-state index in [1.54, 1.807) is 7.11 Å². The summed E-state index contributed by atoms with van der Waals surface area (Å²) in [6, 6.07) is 6.68. The Morgan fingerprint density at radius 1 is 1.44 bits per heavy atom. The number of benzene rings is 1. The molecule has 0 amide bonds. The fourth-order valence-electron chi connectivity index (χ4n) is 2.49. The molecule has 1 aromatic carbocycles. The molecule has 1 unspecified atom stereocenters. The van der Waals surface area contributed by atoms with Gasteiger partial charge in [0.25, 0.3) is 0 Å². The Bertz CT molecular complexity index is 442. The Morgan fingerprint density at radius 2 is 2.28 bits per heavy atom. The monoisotopic (exact) mass is 309 g/mol. The molecule has 1 N–H and O–H groups in total. The topological polar surface area (TPSA) is 21.3 Å². The molecule has 0 heterocycles. The minimum absolute atomic E-state index is 0.347. The smallest absolute Gasteiger partial charge is 0.133 e. The van der Waals surface area contributed by atoms with Crippen LogP contribution < -0.4 is 10.1 Å². The van der Waals surface area contributed by atoms with Crippen molar-refractivity contribution in [3.05, 3.63) is 39.9 Å². The van der Waals surface area contributed by atoms with Gasteiger partial charge in [-0.1, -0.05) is 24.6 Å². The van der Waals surface area contributed by atoms with Crippen LogP contribution in [0.15, 0.2) is 34.3 Å². The van der Waals surface area contributed by atoms with E-state index in [1.165, 1.54) is 30.4 Å². The maximum Gasteiger partial charge on any atom is 0.133 e. The molecular formula is C15H20BrNO. The van der Waals surface area contributed by atoms with Crippen molar-refractivity contribution in [2.24, 2.45) is 0 Å². The molecule has 0 aliphatic heterocycles. The van der Waals surface area contributed by atoms with Crippen molar-refractivity contribution in [2.75, 3.05) is 13.7 Å². The SMILES string of the molecule is CCNC(C1=CCCC1)c1ccc(OC)c(Br)c1. The molecule has 1 aliphatic rings. The van der Waals surface area contributed by atoms with Gasteiger partial charge in [-0.25, -0.2) is 0 Å². The van der Waals surface area contributed by atoms with Crippen LogP contribution in [-0.2, 0) is 0 Å². The number of hydrogen-bond donors (Lipinski definition) is 1. The molecular weight excluding hydrogens is 290 g/mol. The molecule has 0 bridgehead atoms. The molecule has 0 aromatic heterocycles. The summed E-state index contributed by atoms with van der Waals surface area (Å²) in [6.45, 7) is 3.13. The summed E-state index contributed by atoms with van der Waals surface area (Å²) in [5.41, 5.74) is 2.83. The normalized spacial score (nSPS) is 16.5. The highest BCUT2D eigenvalue weighted by Gasteiger charge is 2.18. The van der Waals surface area contributed by atoms with Gasteiger partial charge in [0.1, 0.15) is 5.75 Å². The van der Waals surface area contributed by atoms with Crippen LogP contribution in [0.3, 0.4) is 0 Å². The molecule has 2 rings (SSSR count). The largest absolute Gasteiger partial charge is 0.496 e. The number of methoxy groups -OCH3 is 1. The van der Waals surface area contributed by atoms with E-state index in [9.17, 15) is 0 Å². The molecule has 0 saturated heterocycles. The molecule has 1 atom stereocenters. The lowest BCUT2D eigenvalue weighted by Crippen LogP contribution is -2.22. The molecule has 1 aromatic rings. The predicted molar refractivity (Wildman–Crippen MR) is 79.0 cm³/mol. The fourth-order valence-corrected chi connectivity index (χ4v) is 3.05. The Morgan fingerprint density at radius 3 is 2.83 bits per heavy atom. The van der Waals surface area contributed by atoms with E-state index in [4.69, 9.17) is 4.74 Å². The van der Waals surface area contributed by atoms with Gasteiger partial charge in [0.2, 0.25) is 0 Å². The van der Waals surface area contributed by atoms with E-state index < -0.39 is 0 Å². The number of nitrogens with one attached hydrogen (secondary N) is 1. The maximum atomic E-state index is 5.28. The first kappa shape index (κ1) is 13.6. The van der Waals surface area contributed by atoms with Crippen molar-refractivity contribution in [3.63, 3.8) is 0 Å². The van der Waals surface area contributed by atoms with Gasteiger partial charge in [0.05, 0.1) is 17.6 Å². The molecule has 98 valence electrons. The zero-order chi connectivity index (χ0) is 13.0. The first-order chi connectivity index (χ1) is 8.76. The van der Waals surface area contributed by atoms with E-state index in [-0.39, 0.29) is 0 Å². The number of halogens is 1. The maximum absolute atomic E-state index is 5.28. The third kappa shape index (κ3) is 2.96. The Hall–Kier alpha value is -0.800. The van der Waals surface area contributed by atoms with Crippen LogP contribution >= 0.6 is 15.9 Å². The summed E-state index contributed by atoms with van der Waals surface area (Å²) < 4.78 is 6.30. The van der Waals surface area contributed by atoms with E-state index in [0.717, 1.165) is 16.8 Å². The lowest BCUT2D eigenvalue weighted by atomic mass is 9.98. The Kier molecular flexibility index (Phi) is 4.84. The lowest BCUT2D eigenvalue weighted by molar-refractivity contribution is 0.411. The molecule has 0 saturated carbocycles. The molecule has 18 heavy (non-hydrogen) atoms. The highest BCUT2D eigenvalue weighted by atomic mass is 79.9. The summed E-state index contributed by atoms with van der Waals surface area (Å²) in [4.78, 5) is 0. The molecule has 0 fully saturated rings. The number of ether oxygens (including phenoxy) is 1. The number of hydrogen-bond acceptors (Lipinski definition) is 2. The van der Waals surface area contributed by atoms with E-state index in [2.05, 4.69) is 46.4 Å². The summed E-state index contributed by atoms with van der Waals surface area (Å²) >= 11 is 3.56. The zero-order valence-electron chi connectivity index (χ0n) is 11.0. The van der Waals surface area contributed by atoms with Crippen LogP contribution in [0.2, 0.25) is 0 Å². The van der Waals surface area contributed by atoms with Crippen molar-refractivity contribution in [3.8, 4) is 5.75 Å². The third-order valence-electron chi connectivity index (χ3n) is 3.36. The van der Waals surface area contributed by atoms with Crippen LogP contribution in [0.4, 0.5) is 0 Å². The average Bonchev–Trinajstić information content (AvgIpc) is 2.89. The average molecular weight is 310 g/mol. The van der Waals surface area contributed by atoms with Gasteiger partial charge >= 0.3 is 0 Å². The van der Waals surface area contributed by atoms with Crippen LogP contribution in [0.5, 0.6) is 5.75 Å². The quantitative estimate of drug-likeness (QED) is 0.822. The van der Waals surface area contributed by atoms with E-state index in [0.29, 0.717) is 6.04 Å². The second kappa shape index (κ2) is 6.39. The number of allylic oxidation sites excluding steroid dienone is 1. The van der Waals surface area contributed by atoms with Gasteiger partial charge in [-0.15, -0.1) is 0 Å². The van der Waals surface area contributed by atoms with Gasteiger partial charge in [0, 0.05) is 0 Å². The minimum atomic E-state index is 0.347. The molecule has 0 spiro atoms. The van der Waals surface area contributed by atoms with Crippen molar-refractivity contribution in [1.82, 2.24) is 5.32 Å². The third-order valence-corrected chi connectivity index (χ3v) is 3.98. The summed E-state index contributed by atoms with van der Waals surface area (Å²) in [5.74, 6) is 0.884. The predicted octanol–water partition coefficient (Wildman–Crippen LogP) is 4.22. The number of likely N-dealkylation sites (N-methyl/N-ethyl adjacent to an activating group) is 1. The van der Waals surface area contributed by atoms with Crippen LogP contribution in [0.1, 0.15) is 37.8 Å². The minimum Gasteiger partial charge on any atom is -0.496 e. The standard InChI is InChI=1S/C15H20BrNO/c1-3-17-15(11-6-4-5-7-11)12-8-9-14(18-2)13(16)10-12/h6,8-10,15,17H,3-5,7H2,1-2H3. The van der Waals surface area contributed by atoms with Crippen LogP contribution in [0, 0.1) is 0 Å². The lowest BCUT2D eigenvalue weighted by Gasteiger charge is -2.21.